The fourth-order valence-corrected chi connectivity index (χ4v) is 5.43. The van der Waals surface area contributed by atoms with Crippen LogP contribution >= 0.6 is 24.0 Å². The molecule has 1 heterocycles. The number of hydrogen-bond donors (Lipinski definition) is 2. The molecule has 2 aromatic carbocycles. The Morgan fingerprint density at radius 2 is 1.93 bits per heavy atom. The molecular formula is C25H33IN4. The topological polar surface area (TPSA) is 39.7 Å². The molecule has 2 N–H and O–H groups in total. The summed E-state index contributed by atoms with van der Waals surface area (Å²) in [5.74, 6) is 3.23. The van der Waals surface area contributed by atoms with E-state index in [1.54, 1.807) is 11.1 Å². The molecule has 4 atom stereocenters. The van der Waals surface area contributed by atoms with Crippen molar-refractivity contribution in [1.29, 1.82) is 0 Å². The number of rotatable bonds is 5. The average molecular weight is 516 g/mol. The standard InChI is InChI=1S/C25H32N4.HI/c1-17(18-9-7-10-20(14-18)29-12-5-6-13-29)28-25(26-2)27-16-23-22-15-19-8-3-4-11-21(19)24(22)23;/h3-4,7-11,14,17,22-24H,5-6,12-13,15-16H2,1-2H3,(H2,26,27,28);1H. The smallest absolute Gasteiger partial charge is 0.191 e. The van der Waals surface area contributed by atoms with E-state index in [9.17, 15) is 0 Å². The van der Waals surface area contributed by atoms with Crippen LogP contribution in [0, 0.1) is 11.8 Å². The van der Waals surface area contributed by atoms with Gasteiger partial charge in [0.15, 0.2) is 5.96 Å². The Bertz CT molecular complexity index is 906. The monoisotopic (exact) mass is 516 g/mol. The van der Waals surface area contributed by atoms with Crippen molar-refractivity contribution in [3.05, 3.63) is 65.2 Å². The van der Waals surface area contributed by atoms with Gasteiger partial charge in [0.25, 0.3) is 0 Å². The molecule has 0 radical (unpaired) electrons. The summed E-state index contributed by atoms with van der Waals surface area (Å²) in [5.41, 5.74) is 5.81. The summed E-state index contributed by atoms with van der Waals surface area (Å²) in [6, 6.07) is 18.2. The highest BCUT2D eigenvalue weighted by molar-refractivity contribution is 14.0. The number of guanidine groups is 1. The van der Waals surface area contributed by atoms with Crippen molar-refractivity contribution < 1.29 is 0 Å². The predicted octanol–water partition coefficient (Wildman–Crippen LogP) is 4.72. The molecule has 0 amide bonds. The third-order valence-electron chi connectivity index (χ3n) is 7.12. The quantitative estimate of drug-likeness (QED) is 0.344. The Hall–Kier alpha value is -1.76. The van der Waals surface area contributed by atoms with Crippen LogP contribution in [0.2, 0.25) is 0 Å². The number of hydrogen-bond acceptors (Lipinski definition) is 2. The van der Waals surface area contributed by atoms with E-state index in [2.05, 4.69) is 76.0 Å². The van der Waals surface area contributed by atoms with Crippen LogP contribution in [0.1, 0.15) is 48.4 Å². The first-order valence-corrected chi connectivity index (χ1v) is 11.1. The van der Waals surface area contributed by atoms with E-state index in [4.69, 9.17) is 0 Å². The zero-order valence-corrected chi connectivity index (χ0v) is 20.3. The third-order valence-corrected chi connectivity index (χ3v) is 7.12. The molecule has 2 fully saturated rings. The number of nitrogens with zero attached hydrogens (tertiary/aromatic N) is 2. The summed E-state index contributed by atoms with van der Waals surface area (Å²) in [6.45, 7) is 5.59. The summed E-state index contributed by atoms with van der Waals surface area (Å²) in [7, 11) is 1.87. The van der Waals surface area contributed by atoms with Crippen LogP contribution in [0.3, 0.4) is 0 Å². The van der Waals surface area contributed by atoms with Gasteiger partial charge in [-0.1, -0.05) is 36.4 Å². The van der Waals surface area contributed by atoms with Gasteiger partial charge in [0.05, 0.1) is 6.04 Å². The Balaban J connectivity index is 0.00000218. The first-order valence-electron chi connectivity index (χ1n) is 11.1. The molecule has 30 heavy (non-hydrogen) atoms. The molecule has 160 valence electrons. The zero-order chi connectivity index (χ0) is 19.8. The molecule has 0 spiro atoms. The van der Waals surface area contributed by atoms with E-state index in [1.807, 2.05) is 7.05 Å². The number of fused-ring (bicyclic) bond motifs is 3. The molecule has 0 aromatic heterocycles. The number of anilines is 1. The normalized spacial score (nSPS) is 25.2. The Labute approximate surface area is 197 Å². The van der Waals surface area contributed by atoms with Crippen LogP contribution in [0.15, 0.2) is 53.5 Å². The largest absolute Gasteiger partial charge is 0.372 e. The van der Waals surface area contributed by atoms with E-state index in [0.29, 0.717) is 0 Å². The van der Waals surface area contributed by atoms with E-state index in [-0.39, 0.29) is 30.0 Å². The lowest BCUT2D eigenvalue weighted by Gasteiger charge is -2.22. The average Bonchev–Trinajstić information content (AvgIpc) is 3.13. The highest BCUT2D eigenvalue weighted by atomic mass is 127. The van der Waals surface area contributed by atoms with Crippen molar-refractivity contribution in [3.63, 3.8) is 0 Å². The van der Waals surface area contributed by atoms with E-state index in [0.717, 1.165) is 30.3 Å². The van der Waals surface area contributed by atoms with Gasteiger partial charge in [0, 0.05) is 32.4 Å². The van der Waals surface area contributed by atoms with Gasteiger partial charge in [-0.15, -0.1) is 24.0 Å². The molecule has 3 aliphatic rings. The summed E-state index contributed by atoms with van der Waals surface area (Å²) >= 11 is 0. The molecular weight excluding hydrogens is 483 g/mol. The molecule has 1 aliphatic heterocycles. The molecule has 5 rings (SSSR count). The van der Waals surface area contributed by atoms with Gasteiger partial charge in [-0.2, -0.15) is 0 Å². The Kier molecular flexibility index (Phi) is 6.56. The van der Waals surface area contributed by atoms with Crippen LogP contribution in [0.4, 0.5) is 5.69 Å². The fourth-order valence-electron chi connectivity index (χ4n) is 5.43. The molecule has 2 aromatic rings. The van der Waals surface area contributed by atoms with Gasteiger partial charge in [-0.05, 0) is 72.8 Å². The van der Waals surface area contributed by atoms with Crippen LogP contribution in [0.25, 0.3) is 0 Å². The number of aliphatic imine (C=N–C) groups is 1. The van der Waals surface area contributed by atoms with Gasteiger partial charge in [-0.3, -0.25) is 4.99 Å². The number of halogens is 1. The van der Waals surface area contributed by atoms with Gasteiger partial charge in [-0.25, -0.2) is 0 Å². The highest BCUT2D eigenvalue weighted by Crippen LogP contribution is 2.60. The fraction of sp³-hybridized carbons (Fsp3) is 0.480. The summed E-state index contributed by atoms with van der Waals surface area (Å²) < 4.78 is 0. The van der Waals surface area contributed by atoms with Gasteiger partial charge in [0.1, 0.15) is 0 Å². The predicted molar refractivity (Wildman–Crippen MR) is 136 cm³/mol. The summed E-state index contributed by atoms with van der Waals surface area (Å²) in [6.07, 6.45) is 3.86. The number of benzene rings is 2. The van der Waals surface area contributed by atoms with Crippen molar-refractivity contribution >= 4 is 35.6 Å². The minimum Gasteiger partial charge on any atom is -0.372 e. The van der Waals surface area contributed by atoms with Crippen LogP contribution in [0.5, 0.6) is 0 Å². The Morgan fingerprint density at radius 1 is 1.13 bits per heavy atom. The third kappa shape index (κ3) is 4.18. The first kappa shape index (κ1) is 21.5. The van der Waals surface area contributed by atoms with Crippen molar-refractivity contribution in [2.24, 2.45) is 16.8 Å². The maximum atomic E-state index is 4.48. The van der Waals surface area contributed by atoms with E-state index in [1.165, 1.54) is 43.6 Å². The lowest BCUT2D eigenvalue weighted by atomic mass is 10.0. The van der Waals surface area contributed by atoms with Gasteiger partial charge >= 0.3 is 0 Å². The lowest BCUT2D eigenvalue weighted by molar-refractivity contribution is 0.634. The Morgan fingerprint density at radius 3 is 2.73 bits per heavy atom. The SMILES string of the molecule is CN=C(NCC1C2Cc3ccccc3C12)NC(C)c1cccc(N2CCCC2)c1.I. The van der Waals surface area contributed by atoms with Crippen LogP contribution in [-0.4, -0.2) is 32.6 Å². The van der Waals surface area contributed by atoms with Crippen molar-refractivity contribution in [3.8, 4) is 0 Å². The lowest BCUT2D eigenvalue weighted by Crippen LogP contribution is -2.40. The van der Waals surface area contributed by atoms with Crippen LogP contribution < -0.4 is 15.5 Å². The summed E-state index contributed by atoms with van der Waals surface area (Å²) in [4.78, 5) is 6.97. The van der Waals surface area contributed by atoms with E-state index >= 15 is 0 Å². The minimum atomic E-state index is 0. The first-order chi connectivity index (χ1) is 14.2. The summed E-state index contributed by atoms with van der Waals surface area (Å²) in [5, 5.41) is 7.18. The second kappa shape index (κ2) is 9.16. The molecule has 4 unspecified atom stereocenters. The maximum Gasteiger partial charge on any atom is 0.191 e. The van der Waals surface area contributed by atoms with Crippen molar-refractivity contribution in [2.75, 3.05) is 31.6 Å². The zero-order valence-electron chi connectivity index (χ0n) is 18.0. The highest BCUT2D eigenvalue weighted by Gasteiger charge is 2.54. The van der Waals surface area contributed by atoms with E-state index < -0.39 is 0 Å². The van der Waals surface area contributed by atoms with Crippen molar-refractivity contribution in [1.82, 2.24) is 10.6 Å². The molecule has 1 saturated heterocycles. The molecule has 4 nitrogen and oxygen atoms in total. The molecule has 1 saturated carbocycles. The number of nitrogens with one attached hydrogen (secondary N) is 2. The molecule has 0 bridgehead atoms. The van der Waals surface area contributed by atoms with Gasteiger partial charge < -0.3 is 15.5 Å². The van der Waals surface area contributed by atoms with Crippen LogP contribution in [-0.2, 0) is 6.42 Å². The van der Waals surface area contributed by atoms with Gasteiger partial charge in [0.2, 0.25) is 0 Å². The minimum absolute atomic E-state index is 0. The molecule has 5 heteroatoms. The van der Waals surface area contributed by atoms with Crippen molar-refractivity contribution in [2.45, 2.75) is 38.1 Å². The molecule has 2 aliphatic carbocycles. The second-order valence-corrected chi connectivity index (χ2v) is 8.86. The second-order valence-electron chi connectivity index (χ2n) is 8.86. The maximum absolute atomic E-state index is 4.48.